The first-order chi connectivity index (χ1) is 8.35. The van der Waals surface area contributed by atoms with Crippen molar-refractivity contribution in [1.29, 1.82) is 5.26 Å². The second-order valence-electron chi connectivity index (χ2n) is 4.42. The Morgan fingerprint density at radius 3 is 2.33 bits per heavy atom. The van der Waals surface area contributed by atoms with Crippen LogP contribution in [0.4, 0.5) is 8.78 Å². The highest BCUT2D eigenvalue weighted by Gasteiger charge is 2.35. The monoisotopic (exact) mass is 259 g/mol. The van der Waals surface area contributed by atoms with Gasteiger partial charge in [0, 0.05) is 31.7 Å². The molecule has 0 aromatic carbocycles. The smallest absolute Gasteiger partial charge is 0.249 e. The van der Waals surface area contributed by atoms with Crippen LogP contribution in [0.2, 0.25) is 0 Å². The van der Waals surface area contributed by atoms with Crippen molar-refractivity contribution in [2.24, 2.45) is 5.73 Å². The summed E-state index contributed by atoms with van der Waals surface area (Å²) in [7, 11) is 0. The number of nitriles is 1. The van der Waals surface area contributed by atoms with E-state index in [1.165, 1.54) is 0 Å². The quantitative estimate of drug-likeness (QED) is 0.549. The molecule has 0 aromatic rings. The van der Waals surface area contributed by atoms with Crippen LogP contribution in [0.5, 0.6) is 0 Å². The number of nitrogens with two attached hydrogens (primary N) is 1. The van der Waals surface area contributed by atoms with E-state index in [9.17, 15) is 18.4 Å². The summed E-state index contributed by atoms with van der Waals surface area (Å²) in [5.74, 6) is -4.48. The van der Waals surface area contributed by atoms with Gasteiger partial charge in [-0.15, -0.1) is 0 Å². The minimum atomic E-state index is -3.10. The predicted octanol–water partition coefficient (Wildman–Crippen LogP) is 1.14. The summed E-state index contributed by atoms with van der Waals surface area (Å²) in [5.41, 5.74) is 4.78. The fraction of sp³-hybridized carbons (Fsp3) is 0.727. The lowest BCUT2D eigenvalue weighted by molar-refractivity contribution is -0.131. The highest BCUT2D eigenvalue weighted by atomic mass is 19.3. The maximum absolute atomic E-state index is 13.3. The van der Waals surface area contributed by atoms with Gasteiger partial charge in [0.05, 0.1) is 0 Å². The molecule has 2 N–H and O–H groups in total. The molecule has 0 aromatic heterocycles. The van der Waals surface area contributed by atoms with Crippen molar-refractivity contribution in [2.45, 2.75) is 50.5 Å². The zero-order valence-electron chi connectivity index (χ0n) is 9.86. The summed E-state index contributed by atoms with van der Waals surface area (Å²) in [4.78, 5) is 22.9. The van der Waals surface area contributed by atoms with Crippen molar-refractivity contribution < 1.29 is 18.4 Å². The standard InChI is InChI=1S/C11H15F2N3O2/c12-11(13,5-3-9(15)17)6-4-10(18)16(7-14)8-1-2-8/h8H,1-6H2,(H2,15,17). The Morgan fingerprint density at radius 1 is 1.33 bits per heavy atom. The molecule has 1 aliphatic carbocycles. The minimum Gasteiger partial charge on any atom is -0.370 e. The fourth-order valence-corrected chi connectivity index (χ4v) is 1.52. The molecule has 0 aliphatic heterocycles. The molecule has 1 fully saturated rings. The SMILES string of the molecule is N#CN(C(=O)CCC(F)(F)CCC(N)=O)C1CC1. The van der Waals surface area contributed by atoms with Gasteiger partial charge in [-0.25, -0.2) is 13.7 Å². The summed E-state index contributed by atoms with van der Waals surface area (Å²) >= 11 is 0. The Kier molecular flexibility index (Phi) is 4.59. The number of primary amides is 1. The average Bonchev–Trinajstić information content (AvgIpc) is 3.09. The number of carbonyl (C=O) groups is 2. The molecule has 0 heterocycles. The Bertz CT molecular complexity index is 375. The molecular formula is C11H15F2N3O2. The zero-order valence-corrected chi connectivity index (χ0v) is 9.86. The van der Waals surface area contributed by atoms with Gasteiger partial charge in [-0.1, -0.05) is 0 Å². The molecule has 7 heteroatoms. The van der Waals surface area contributed by atoms with E-state index in [4.69, 9.17) is 11.0 Å². The largest absolute Gasteiger partial charge is 0.370 e. The van der Waals surface area contributed by atoms with E-state index < -0.39 is 43.4 Å². The third kappa shape index (κ3) is 4.65. The number of nitrogens with zero attached hydrogens (tertiary/aromatic N) is 2. The Hall–Kier alpha value is -1.71. The normalized spacial score (nSPS) is 14.9. The van der Waals surface area contributed by atoms with E-state index in [-0.39, 0.29) is 6.04 Å². The lowest BCUT2D eigenvalue weighted by Crippen LogP contribution is -2.30. The Morgan fingerprint density at radius 2 is 1.89 bits per heavy atom. The number of hydrogen-bond acceptors (Lipinski definition) is 3. The minimum absolute atomic E-state index is 0.109. The van der Waals surface area contributed by atoms with Crippen LogP contribution in [0.15, 0.2) is 0 Å². The predicted molar refractivity (Wildman–Crippen MR) is 58.1 cm³/mol. The molecule has 1 saturated carbocycles. The molecular weight excluding hydrogens is 244 g/mol. The molecule has 1 aliphatic rings. The second kappa shape index (κ2) is 5.76. The van der Waals surface area contributed by atoms with Gasteiger partial charge in [0.2, 0.25) is 17.7 Å². The van der Waals surface area contributed by atoms with E-state index in [0.29, 0.717) is 0 Å². The molecule has 1 rings (SSSR count). The van der Waals surface area contributed by atoms with Crippen LogP contribution in [0.25, 0.3) is 0 Å². The maximum Gasteiger partial charge on any atom is 0.249 e. The van der Waals surface area contributed by atoms with Crippen molar-refractivity contribution in [1.82, 2.24) is 4.90 Å². The van der Waals surface area contributed by atoms with Crippen molar-refractivity contribution in [3.05, 3.63) is 0 Å². The first-order valence-electron chi connectivity index (χ1n) is 5.73. The summed E-state index contributed by atoms with van der Waals surface area (Å²) in [5, 5.41) is 8.72. The van der Waals surface area contributed by atoms with Crippen molar-refractivity contribution in [2.75, 3.05) is 0 Å². The highest BCUT2D eigenvalue weighted by Crippen LogP contribution is 2.29. The molecule has 2 amide bonds. The topological polar surface area (TPSA) is 87.2 Å². The second-order valence-corrected chi connectivity index (χ2v) is 4.42. The van der Waals surface area contributed by atoms with Crippen LogP contribution in [0, 0.1) is 11.5 Å². The first kappa shape index (κ1) is 14.4. The molecule has 0 saturated heterocycles. The number of halogens is 2. The number of carbonyl (C=O) groups excluding carboxylic acids is 2. The van der Waals surface area contributed by atoms with Crippen LogP contribution in [-0.2, 0) is 9.59 Å². The van der Waals surface area contributed by atoms with Crippen LogP contribution in [-0.4, -0.2) is 28.7 Å². The molecule has 0 bridgehead atoms. The van der Waals surface area contributed by atoms with E-state index in [1.807, 2.05) is 0 Å². The van der Waals surface area contributed by atoms with E-state index >= 15 is 0 Å². The summed E-state index contributed by atoms with van der Waals surface area (Å²) in [6.45, 7) is 0. The molecule has 0 spiro atoms. The molecule has 100 valence electrons. The van der Waals surface area contributed by atoms with Crippen molar-refractivity contribution >= 4 is 11.8 Å². The maximum atomic E-state index is 13.3. The highest BCUT2D eigenvalue weighted by molar-refractivity contribution is 5.78. The van der Waals surface area contributed by atoms with Gasteiger partial charge in [0.1, 0.15) is 0 Å². The van der Waals surface area contributed by atoms with Gasteiger partial charge in [-0.2, -0.15) is 5.26 Å². The third-order valence-electron chi connectivity index (χ3n) is 2.73. The molecule has 5 nitrogen and oxygen atoms in total. The average molecular weight is 259 g/mol. The van der Waals surface area contributed by atoms with Crippen LogP contribution >= 0.6 is 0 Å². The summed E-state index contributed by atoms with van der Waals surface area (Å²) in [6, 6.07) is -0.109. The third-order valence-corrected chi connectivity index (χ3v) is 2.73. The van der Waals surface area contributed by atoms with Gasteiger partial charge < -0.3 is 5.73 Å². The Labute approximate surface area is 104 Å². The van der Waals surface area contributed by atoms with Crippen LogP contribution in [0.1, 0.15) is 38.5 Å². The lowest BCUT2D eigenvalue weighted by Gasteiger charge is -2.17. The van der Waals surface area contributed by atoms with E-state index in [1.54, 1.807) is 6.19 Å². The van der Waals surface area contributed by atoms with E-state index in [0.717, 1.165) is 17.7 Å². The van der Waals surface area contributed by atoms with Gasteiger partial charge in [-0.05, 0) is 12.8 Å². The van der Waals surface area contributed by atoms with Gasteiger partial charge >= 0.3 is 0 Å². The summed E-state index contributed by atoms with van der Waals surface area (Å²) < 4.78 is 26.5. The first-order valence-corrected chi connectivity index (χ1v) is 5.73. The van der Waals surface area contributed by atoms with Crippen LogP contribution in [0.3, 0.4) is 0 Å². The van der Waals surface area contributed by atoms with Crippen LogP contribution < -0.4 is 5.73 Å². The van der Waals surface area contributed by atoms with E-state index in [2.05, 4.69) is 0 Å². The van der Waals surface area contributed by atoms with Gasteiger partial charge in [0.15, 0.2) is 6.19 Å². The van der Waals surface area contributed by atoms with Crippen molar-refractivity contribution in [3.8, 4) is 6.19 Å². The zero-order chi connectivity index (χ0) is 13.8. The van der Waals surface area contributed by atoms with Gasteiger partial charge in [-0.3, -0.25) is 9.59 Å². The number of alkyl halides is 2. The Balaban J connectivity index is 2.36. The molecule has 0 atom stereocenters. The van der Waals surface area contributed by atoms with Crippen molar-refractivity contribution in [3.63, 3.8) is 0 Å². The lowest BCUT2D eigenvalue weighted by atomic mass is 10.1. The van der Waals surface area contributed by atoms with Gasteiger partial charge in [0.25, 0.3) is 0 Å². The number of hydrogen-bond donors (Lipinski definition) is 1. The number of amides is 2. The molecule has 0 unspecified atom stereocenters. The molecule has 18 heavy (non-hydrogen) atoms. The molecule has 0 radical (unpaired) electrons. The summed E-state index contributed by atoms with van der Waals surface area (Å²) in [6.07, 6.45) is 1.08. The number of rotatable bonds is 7. The fourth-order valence-electron chi connectivity index (χ4n) is 1.52.